The van der Waals surface area contributed by atoms with Gasteiger partial charge >= 0.3 is 0 Å². The Labute approximate surface area is 166 Å². The number of amides is 1. The Bertz CT molecular complexity index is 822. The van der Waals surface area contributed by atoms with E-state index >= 15 is 0 Å². The number of fused-ring (bicyclic) bond motifs is 1. The summed E-state index contributed by atoms with van der Waals surface area (Å²) >= 11 is 9.05. The first-order valence-corrected chi connectivity index (χ1v) is 10.4. The van der Waals surface area contributed by atoms with Crippen LogP contribution in [-0.4, -0.2) is 52.4 Å². The van der Waals surface area contributed by atoms with Crippen molar-refractivity contribution >= 4 is 56.0 Å². The van der Waals surface area contributed by atoms with Crippen LogP contribution in [0, 0.1) is 5.21 Å². The highest BCUT2D eigenvalue weighted by Crippen LogP contribution is 2.36. The van der Waals surface area contributed by atoms with Crippen LogP contribution in [0.1, 0.15) is 25.8 Å². The number of anilines is 1. The highest BCUT2D eigenvalue weighted by molar-refractivity contribution is 8.11. The summed E-state index contributed by atoms with van der Waals surface area (Å²) in [7, 11) is 1.66. The van der Waals surface area contributed by atoms with E-state index in [2.05, 4.69) is 31.1 Å². The van der Waals surface area contributed by atoms with Gasteiger partial charge in [0.1, 0.15) is 0 Å². The van der Waals surface area contributed by atoms with Gasteiger partial charge in [-0.15, -0.1) is 11.3 Å². The van der Waals surface area contributed by atoms with Crippen LogP contribution >= 0.6 is 34.9 Å². The number of likely N-dealkylation sites (N-methyl/N-ethyl adjacent to an activating group) is 1. The minimum Gasteiger partial charge on any atom is -0.633 e. The van der Waals surface area contributed by atoms with E-state index in [0.29, 0.717) is 36.9 Å². The fourth-order valence-corrected chi connectivity index (χ4v) is 4.56. The summed E-state index contributed by atoms with van der Waals surface area (Å²) in [6.45, 7) is 8.53. The van der Waals surface area contributed by atoms with E-state index in [1.807, 2.05) is 10.4 Å². The predicted octanol–water partition coefficient (Wildman–Crippen LogP) is 4.69. The second-order valence-corrected chi connectivity index (χ2v) is 10.3. The van der Waals surface area contributed by atoms with E-state index in [1.165, 1.54) is 0 Å². The van der Waals surface area contributed by atoms with Gasteiger partial charge in [0.25, 0.3) is 5.24 Å². The van der Waals surface area contributed by atoms with Crippen LogP contribution in [0.2, 0.25) is 5.02 Å². The number of quaternary nitrogens is 1. The first-order chi connectivity index (χ1) is 12.0. The lowest BCUT2D eigenvalue weighted by Gasteiger charge is -2.44. The smallest absolute Gasteiger partial charge is 0.298 e. The van der Waals surface area contributed by atoms with E-state index in [0.717, 1.165) is 27.2 Å². The normalized spacial score (nSPS) is 18.2. The molecule has 0 bridgehead atoms. The molecule has 1 aliphatic heterocycles. The van der Waals surface area contributed by atoms with Crippen LogP contribution in [-0.2, 0) is 5.41 Å². The van der Waals surface area contributed by atoms with Crippen LogP contribution in [0.3, 0.4) is 0 Å². The quantitative estimate of drug-likeness (QED) is 0.438. The number of thiazole rings is 1. The average Bonchev–Trinajstić information content (AvgIpc) is 2.93. The number of hydrogen-bond acceptors (Lipinski definition) is 6. The van der Waals surface area contributed by atoms with E-state index < -0.39 is 0 Å². The van der Waals surface area contributed by atoms with Crippen molar-refractivity contribution in [2.24, 2.45) is 0 Å². The number of rotatable bonds is 2. The fraction of sp³-hybridized carbons (Fsp3) is 0.529. The lowest BCUT2D eigenvalue weighted by Crippen LogP contribution is -2.52. The number of benzene rings is 1. The molecule has 1 N–H and O–H groups in total. The number of aromatic nitrogens is 1. The monoisotopic (exact) mass is 414 g/mol. The molecule has 1 amide bonds. The molecule has 6 nitrogen and oxygen atoms in total. The fourth-order valence-electron chi connectivity index (χ4n) is 2.58. The van der Waals surface area contributed by atoms with E-state index in [-0.39, 0.29) is 15.3 Å². The van der Waals surface area contributed by atoms with Gasteiger partial charge < -0.3 is 15.2 Å². The first kappa shape index (κ1) is 19.9. The molecule has 26 heavy (non-hydrogen) atoms. The molecule has 9 heteroatoms. The number of carbonyl (C=O) groups excluding carboxylic acids is 1. The summed E-state index contributed by atoms with van der Waals surface area (Å²) in [6, 6.07) is 3.68. The molecule has 142 valence electrons. The molecular formula is C17H23ClN4O2S2. The highest BCUT2D eigenvalue weighted by Gasteiger charge is 2.24. The molecule has 2 heterocycles. The van der Waals surface area contributed by atoms with Crippen LogP contribution in [0.4, 0.5) is 10.5 Å². The summed E-state index contributed by atoms with van der Waals surface area (Å²) < 4.78 is 2.67. The molecule has 1 aliphatic rings. The minimum atomic E-state index is -0.247. The maximum absolute atomic E-state index is 12.4. The Morgan fingerprint density at radius 1 is 1.38 bits per heavy atom. The summed E-state index contributed by atoms with van der Waals surface area (Å²) in [6.07, 6.45) is 0. The van der Waals surface area contributed by atoms with Gasteiger partial charge in [0.2, 0.25) is 0 Å². The van der Waals surface area contributed by atoms with Gasteiger partial charge in [-0.25, -0.2) is 9.29 Å². The number of hydrogen-bond donors (Lipinski definition) is 1. The topological polar surface area (TPSA) is 68.3 Å². The molecule has 0 atom stereocenters. The summed E-state index contributed by atoms with van der Waals surface area (Å²) in [4.78, 5) is 17.0. The predicted molar refractivity (Wildman–Crippen MR) is 111 cm³/mol. The maximum atomic E-state index is 12.4. The van der Waals surface area contributed by atoms with Crippen molar-refractivity contribution in [2.75, 3.05) is 38.5 Å². The van der Waals surface area contributed by atoms with Gasteiger partial charge in [-0.05, 0) is 12.1 Å². The van der Waals surface area contributed by atoms with E-state index in [4.69, 9.17) is 11.6 Å². The third-order valence-corrected chi connectivity index (χ3v) is 6.86. The lowest BCUT2D eigenvalue weighted by molar-refractivity contribution is -0.864. The first-order valence-electron chi connectivity index (χ1n) is 8.43. The number of carbonyl (C=O) groups is 1. The Kier molecular flexibility index (Phi) is 5.54. The molecule has 0 radical (unpaired) electrons. The van der Waals surface area contributed by atoms with Crippen molar-refractivity contribution in [3.05, 3.63) is 27.4 Å². The lowest BCUT2D eigenvalue weighted by atomic mass is 9.98. The summed E-state index contributed by atoms with van der Waals surface area (Å²) in [5, 5.41) is 16.0. The molecule has 3 rings (SSSR count). The molecule has 1 fully saturated rings. The zero-order valence-electron chi connectivity index (χ0n) is 15.3. The van der Waals surface area contributed by atoms with Crippen molar-refractivity contribution in [1.29, 1.82) is 0 Å². The largest absolute Gasteiger partial charge is 0.633 e. The number of nitrogens with one attached hydrogen (secondary N) is 1. The van der Waals surface area contributed by atoms with Crippen molar-refractivity contribution in [3.8, 4) is 0 Å². The molecule has 1 aromatic heterocycles. The highest BCUT2D eigenvalue weighted by atomic mass is 35.5. The van der Waals surface area contributed by atoms with Crippen LogP contribution in [0.25, 0.3) is 10.2 Å². The number of piperazine rings is 1. The molecule has 0 unspecified atom stereocenters. The molecule has 0 spiro atoms. The Balaban J connectivity index is 1.70. The zero-order chi connectivity index (χ0) is 19.1. The third-order valence-electron chi connectivity index (χ3n) is 4.21. The van der Waals surface area contributed by atoms with Gasteiger partial charge in [-0.1, -0.05) is 32.4 Å². The second kappa shape index (κ2) is 7.26. The Hall–Kier alpha value is -0.900. The Morgan fingerprint density at radius 2 is 2.04 bits per heavy atom. The standard InChI is InChI=1S/C17H23ClN4O2S2/c1-17(2,3)15-19-13-9-11(18)12(10-14(13)25-15)20-16(23)26-21-5-7-22(4,24)8-6-21/h9-10H,5-8H2,1-4H3,(H,20,23). The second-order valence-electron chi connectivity index (χ2n) is 7.75. The SMILES string of the molecule is CC(C)(C)c1nc2cc(Cl)c(NC(=O)SN3CC[N+](C)([O-])CC3)cc2s1. The van der Waals surface area contributed by atoms with Crippen molar-refractivity contribution < 1.29 is 9.44 Å². The maximum Gasteiger partial charge on any atom is 0.298 e. The summed E-state index contributed by atoms with van der Waals surface area (Å²) in [5.41, 5.74) is 1.40. The molecule has 1 saturated heterocycles. The molecule has 2 aromatic rings. The van der Waals surface area contributed by atoms with Gasteiger partial charge in [0.05, 0.1) is 59.2 Å². The number of nitrogens with zero attached hydrogens (tertiary/aromatic N) is 3. The Morgan fingerprint density at radius 3 is 2.65 bits per heavy atom. The van der Waals surface area contributed by atoms with Crippen LogP contribution in [0.15, 0.2) is 12.1 Å². The molecule has 0 saturated carbocycles. The molecular weight excluding hydrogens is 392 g/mol. The van der Waals surface area contributed by atoms with Gasteiger partial charge in [0.15, 0.2) is 0 Å². The van der Waals surface area contributed by atoms with Crippen molar-refractivity contribution in [3.63, 3.8) is 0 Å². The zero-order valence-corrected chi connectivity index (χ0v) is 17.7. The number of halogens is 1. The van der Waals surface area contributed by atoms with Gasteiger partial charge in [-0.2, -0.15) is 0 Å². The van der Waals surface area contributed by atoms with E-state index in [1.54, 1.807) is 24.5 Å². The van der Waals surface area contributed by atoms with Crippen molar-refractivity contribution in [2.45, 2.75) is 26.2 Å². The van der Waals surface area contributed by atoms with Gasteiger partial charge in [-0.3, -0.25) is 4.79 Å². The van der Waals surface area contributed by atoms with E-state index in [9.17, 15) is 10.0 Å². The third kappa shape index (κ3) is 4.68. The van der Waals surface area contributed by atoms with Crippen LogP contribution in [0.5, 0.6) is 0 Å². The van der Waals surface area contributed by atoms with Crippen LogP contribution < -0.4 is 5.32 Å². The number of hydroxylamine groups is 3. The van der Waals surface area contributed by atoms with Crippen molar-refractivity contribution in [1.82, 2.24) is 9.29 Å². The van der Waals surface area contributed by atoms with Gasteiger partial charge in [0, 0.05) is 17.4 Å². The summed E-state index contributed by atoms with van der Waals surface area (Å²) in [5.74, 6) is 0. The average molecular weight is 415 g/mol. The molecule has 1 aromatic carbocycles. The minimum absolute atomic E-state index is 0.0295. The molecule has 0 aliphatic carbocycles.